The number of hydrogen-bond acceptors (Lipinski definition) is 3. The van der Waals surface area contributed by atoms with E-state index in [2.05, 4.69) is 20.8 Å². The monoisotopic (exact) mass is 244 g/mol. The second kappa shape index (κ2) is 5.86. The molecule has 1 aliphatic rings. The summed E-state index contributed by atoms with van der Waals surface area (Å²) in [5.41, 5.74) is 1.86. The Morgan fingerprint density at radius 3 is 3.06 bits per heavy atom. The van der Waals surface area contributed by atoms with Gasteiger partial charge < -0.3 is 10.6 Å². The van der Waals surface area contributed by atoms with Gasteiger partial charge in [-0.05, 0) is 19.4 Å². The average Bonchev–Trinajstić information content (AvgIpc) is 2.66. The predicted octanol–water partition coefficient (Wildman–Crippen LogP) is 1.26. The van der Waals surface area contributed by atoms with E-state index in [1.807, 2.05) is 0 Å². The highest BCUT2D eigenvalue weighted by Crippen LogP contribution is 2.27. The van der Waals surface area contributed by atoms with Crippen LogP contribution in [0.25, 0.3) is 0 Å². The number of H-pyrrole nitrogens is 1. The Bertz CT molecular complexity index is 346. The van der Waals surface area contributed by atoms with Crippen molar-refractivity contribution in [3.05, 3.63) is 11.9 Å². The van der Waals surface area contributed by atoms with Gasteiger partial charge >= 0.3 is 0 Å². The summed E-state index contributed by atoms with van der Waals surface area (Å²) in [6, 6.07) is 0. The van der Waals surface area contributed by atoms with E-state index in [0.29, 0.717) is 5.92 Å². The van der Waals surface area contributed by atoms with Crippen LogP contribution in [0.3, 0.4) is 0 Å². The van der Waals surface area contributed by atoms with E-state index in [4.69, 9.17) is 0 Å². The first kappa shape index (κ1) is 13.0. The number of halogens is 1. The van der Waals surface area contributed by atoms with Gasteiger partial charge in [0.15, 0.2) is 0 Å². The Morgan fingerprint density at radius 2 is 2.44 bits per heavy atom. The van der Waals surface area contributed by atoms with Gasteiger partial charge in [-0.25, -0.2) is 0 Å². The summed E-state index contributed by atoms with van der Waals surface area (Å²) in [6.07, 6.45) is 3.98. The van der Waals surface area contributed by atoms with Gasteiger partial charge in [-0.1, -0.05) is 0 Å². The van der Waals surface area contributed by atoms with E-state index in [-0.39, 0.29) is 18.3 Å². The van der Waals surface area contributed by atoms with Crippen molar-refractivity contribution in [2.75, 3.05) is 18.4 Å². The maximum atomic E-state index is 11.0. The lowest BCUT2D eigenvalue weighted by Gasteiger charge is -2.22. The number of hydrogen-bond donors (Lipinski definition) is 3. The molecule has 0 spiro atoms. The third kappa shape index (κ3) is 2.96. The molecule has 2 rings (SSSR count). The molecule has 0 saturated carbocycles. The molecule has 1 saturated heterocycles. The smallest absolute Gasteiger partial charge is 0.221 e. The van der Waals surface area contributed by atoms with Gasteiger partial charge in [0.05, 0.1) is 17.6 Å². The fourth-order valence-electron chi connectivity index (χ4n) is 1.99. The van der Waals surface area contributed by atoms with Gasteiger partial charge in [-0.15, -0.1) is 12.4 Å². The van der Waals surface area contributed by atoms with Gasteiger partial charge in [0.2, 0.25) is 5.91 Å². The van der Waals surface area contributed by atoms with Crippen molar-refractivity contribution in [3.63, 3.8) is 0 Å². The molecule has 0 aliphatic carbocycles. The maximum absolute atomic E-state index is 11.0. The van der Waals surface area contributed by atoms with Gasteiger partial charge in [-0.3, -0.25) is 9.89 Å². The number of carbonyl (C=O) groups is 1. The van der Waals surface area contributed by atoms with Crippen LogP contribution in [-0.4, -0.2) is 29.2 Å². The summed E-state index contributed by atoms with van der Waals surface area (Å²) in [5, 5.41) is 13.1. The largest absolute Gasteiger partial charge is 0.323 e. The molecule has 1 unspecified atom stereocenters. The molecular formula is C10H17ClN4O. The van der Waals surface area contributed by atoms with Crippen LogP contribution < -0.4 is 10.6 Å². The Labute approximate surface area is 101 Å². The Kier molecular flexibility index (Phi) is 4.76. The minimum absolute atomic E-state index is 0. The summed E-state index contributed by atoms with van der Waals surface area (Å²) in [7, 11) is 0. The quantitative estimate of drug-likeness (QED) is 0.734. The fourth-order valence-corrected chi connectivity index (χ4v) is 1.99. The summed E-state index contributed by atoms with van der Waals surface area (Å²) >= 11 is 0. The zero-order valence-corrected chi connectivity index (χ0v) is 10.1. The van der Waals surface area contributed by atoms with Crippen LogP contribution in [0.5, 0.6) is 0 Å². The molecule has 0 bridgehead atoms. The van der Waals surface area contributed by atoms with Crippen molar-refractivity contribution in [1.29, 1.82) is 0 Å². The molecule has 2 heterocycles. The minimum Gasteiger partial charge on any atom is -0.323 e. The van der Waals surface area contributed by atoms with E-state index in [1.54, 1.807) is 6.20 Å². The molecule has 1 fully saturated rings. The van der Waals surface area contributed by atoms with E-state index >= 15 is 0 Å². The molecule has 1 aliphatic heterocycles. The minimum atomic E-state index is -0.0542. The number of rotatable bonds is 2. The first-order valence-corrected chi connectivity index (χ1v) is 5.29. The molecular weight excluding hydrogens is 228 g/mol. The molecule has 5 nitrogen and oxygen atoms in total. The first-order chi connectivity index (χ1) is 7.27. The molecule has 1 aromatic rings. The summed E-state index contributed by atoms with van der Waals surface area (Å²) in [5.74, 6) is 0.379. The molecule has 16 heavy (non-hydrogen) atoms. The van der Waals surface area contributed by atoms with Crippen LogP contribution in [0, 0.1) is 0 Å². The van der Waals surface area contributed by atoms with E-state index in [1.165, 1.54) is 13.3 Å². The number of carbonyl (C=O) groups excluding carboxylic acids is 1. The number of nitrogens with one attached hydrogen (secondary N) is 3. The Morgan fingerprint density at radius 1 is 1.62 bits per heavy atom. The second-order valence-corrected chi connectivity index (χ2v) is 3.92. The SMILES string of the molecule is CC(=O)Nc1cn[nH]c1C1CCCNC1.Cl. The Hall–Kier alpha value is -1.07. The highest BCUT2D eigenvalue weighted by molar-refractivity contribution is 5.89. The van der Waals surface area contributed by atoms with Gasteiger partial charge in [0.25, 0.3) is 0 Å². The zero-order valence-electron chi connectivity index (χ0n) is 9.25. The highest BCUT2D eigenvalue weighted by Gasteiger charge is 2.20. The third-order valence-corrected chi connectivity index (χ3v) is 2.68. The normalized spacial score (nSPS) is 19.9. The molecule has 3 N–H and O–H groups in total. The zero-order chi connectivity index (χ0) is 10.7. The van der Waals surface area contributed by atoms with Crippen molar-refractivity contribution >= 4 is 24.0 Å². The number of aromatic amines is 1. The second-order valence-electron chi connectivity index (χ2n) is 3.92. The van der Waals surface area contributed by atoms with Crippen molar-refractivity contribution in [2.45, 2.75) is 25.7 Å². The summed E-state index contributed by atoms with van der Waals surface area (Å²) in [6.45, 7) is 3.55. The highest BCUT2D eigenvalue weighted by atomic mass is 35.5. The lowest BCUT2D eigenvalue weighted by atomic mass is 9.95. The van der Waals surface area contributed by atoms with Crippen molar-refractivity contribution in [2.24, 2.45) is 0 Å². The predicted molar refractivity (Wildman–Crippen MR) is 65.0 cm³/mol. The molecule has 1 amide bonds. The summed E-state index contributed by atoms with van der Waals surface area (Å²) < 4.78 is 0. The van der Waals surface area contributed by atoms with Crippen LogP contribution in [0.2, 0.25) is 0 Å². The number of anilines is 1. The molecule has 0 aromatic carbocycles. The lowest BCUT2D eigenvalue weighted by molar-refractivity contribution is -0.114. The third-order valence-electron chi connectivity index (χ3n) is 2.68. The average molecular weight is 245 g/mol. The summed E-state index contributed by atoms with van der Waals surface area (Å²) in [4.78, 5) is 11.0. The number of nitrogens with zero attached hydrogens (tertiary/aromatic N) is 1. The standard InChI is InChI=1S/C10H16N4O.ClH/c1-7(15)13-9-6-12-14-10(9)8-3-2-4-11-5-8;/h6,8,11H,2-5H2,1H3,(H,12,14)(H,13,15);1H. The molecule has 1 aromatic heterocycles. The van der Waals surface area contributed by atoms with Gasteiger partial charge in [-0.2, -0.15) is 5.10 Å². The van der Waals surface area contributed by atoms with Crippen LogP contribution in [-0.2, 0) is 4.79 Å². The van der Waals surface area contributed by atoms with E-state index < -0.39 is 0 Å². The maximum Gasteiger partial charge on any atom is 0.221 e. The Balaban J connectivity index is 0.00000128. The number of aromatic nitrogens is 2. The van der Waals surface area contributed by atoms with Crippen molar-refractivity contribution < 1.29 is 4.79 Å². The number of piperidine rings is 1. The molecule has 90 valence electrons. The van der Waals surface area contributed by atoms with E-state index in [0.717, 1.165) is 30.9 Å². The van der Waals surface area contributed by atoms with Gasteiger partial charge in [0, 0.05) is 19.4 Å². The van der Waals surface area contributed by atoms with Crippen molar-refractivity contribution in [1.82, 2.24) is 15.5 Å². The lowest BCUT2D eigenvalue weighted by Crippen LogP contribution is -2.29. The van der Waals surface area contributed by atoms with Crippen LogP contribution in [0.1, 0.15) is 31.4 Å². The van der Waals surface area contributed by atoms with Crippen LogP contribution >= 0.6 is 12.4 Å². The molecule has 1 atom stereocenters. The fraction of sp³-hybridized carbons (Fsp3) is 0.600. The molecule has 0 radical (unpaired) electrons. The van der Waals surface area contributed by atoms with Crippen LogP contribution in [0.4, 0.5) is 5.69 Å². The van der Waals surface area contributed by atoms with Crippen molar-refractivity contribution in [3.8, 4) is 0 Å². The van der Waals surface area contributed by atoms with Crippen LogP contribution in [0.15, 0.2) is 6.20 Å². The topological polar surface area (TPSA) is 69.8 Å². The first-order valence-electron chi connectivity index (χ1n) is 5.29. The van der Waals surface area contributed by atoms with E-state index in [9.17, 15) is 4.79 Å². The molecule has 6 heteroatoms. The number of amides is 1. The van der Waals surface area contributed by atoms with Gasteiger partial charge in [0.1, 0.15) is 0 Å².